The predicted octanol–water partition coefficient (Wildman–Crippen LogP) is 3.98. The van der Waals surface area contributed by atoms with Crippen LogP contribution in [0.4, 0.5) is 11.4 Å². The van der Waals surface area contributed by atoms with Crippen molar-refractivity contribution in [1.29, 1.82) is 0 Å². The molecule has 0 unspecified atom stereocenters. The lowest BCUT2D eigenvalue weighted by Crippen LogP contribution is -2.12. The maximum atomic E-state index is 12.1. The number of hydrogen-bond acceptors (Lipinski definition) is 5. The zero-order chi connectivity index (χ0) is 14.9. The van der Waals surface area contributed by atoms with Crippen molar-refractivity contribution in [2.75, 3.05) is 4.72 Å². The van der Waals surface area contributed by atoms with E-state index in [1.807, 2.05) is 0 Å². The summed E-state index contributed by atoms with van der Waals surface area (Å²) in [5.74, 6) is 0. The van der Waals surface area contributed by atoms with E-state index in [0.29, 0.717) is 8.26 Å². The smallest absolute Gasteiger partial charge is 0.272 e. The van der Waals surface area contributed by atoms with Crippen molar-refractivity contribution in [3.05, 3.63) is 48.7 Å². The summed E-state index contributed by atoms with van der Waals surface area (Å²) in [5.41, 5.74) is -0.402. The molecule has 0 atom stereocenters. The molecule has 0 amide bonds. The molecule has 1 aromatic carbocycles. The number of hydrogen-bond donors (Lipinski definition) is 1. The summed E-state index contributed by atoms with van der Waals surface area (Å²) >= 11 is 7.29. The summed E-state index contributed by atoms with van der Waals surface area (Å²) in [5, 5.41) is 10.9. The summed E-state index contributed by atoms with van der Waals surface area (Å²) in [6.45, 7) is 0. The van der Waals surface area contributed by atoms with Gasteiger partial charge in [-0.25, -0.2) is 8.42 Å². The van der Waals surface area contributed by atoms with Crippen molar-refractivity contribution in [3.63, 3.8) is 0 Å². The zero-order valence-corrected chi connectivity index (χ0v) is 14.3. The van der Waals surface area contributed by atoms with Crippen molar-refractivity contribution < 1.29 is 13.3 Å². The van der Waals surface area contributed by atoms with Crippen molar-refractivity contribution in [2.45, 2.75) is 4.21 Å². The van der Waals surface area contributed by atoms with E-state index in [1.54, 1.807) is 6.07 Å². The van der Waals surface area contributed by atoms with Crippen LogP contribution in [0.1, 0.15) is 0 Å². The number of anilines is 1. The van der Waals surface area contributed by atoms with Crippen LogP contribution in [0.15, 0.2) is 42.8 Å². The van der Waals surface area contributed by atoms with E-state index in [4.69, 9.17) is 0 Å². The molecule has 0 spiro atoms. The van der Waals surface area contributed by atoms with Gasteiger partial charge in [-0.15, -0.1) is 11.3 Å². The van der Waals surface area contributed by atoms with E-state index in [-0.39, 0.29) is 15.6 Å². The van der Waals surface area contributed by atoms with Gasteiger partial charge in [0.15, 0.2) is 0 Å². The van der Waals surface area contributed by atoms with Gasteiger partial charge in [0, 0.05) is 10.5 Å². The Bertz CT molecular complexity index is 773. The molecule has 1 heterocycles. The van der Waals surface area contributed by atoms with Crippen LogP contribution in [-0.4, -0.2) is 13.3 Å². The minimum absolute atomic E-state index is 0.0709. The largest absolute Gasteiger partial charge is 0.294 e. The van der Waals surface area contributed by atoms with Gasteiger partial charge in [-0.3, -0.25) is 14.8 Å². The summed E-state index contributed by atoms with van der Waals surface area (Å²) in [6, 6.07) is 7.11. The minimum Gasteiger partial charge on any atom is -0.272 e. The summed E-state index contributed by atoms with van der Waals surface area (Å²) in [7, 11) is -3.84. The van der Waals surface area contributed by atoms with E-state index in [9.17, 15) is 18.5 Å². The monoisotopic (exact) mass is 440 g/mol. The highest BCUT2D eigenvalue weighted by Crippen LogP contribution is 2.32. The lowest BCUT2D eigenvalue weighted by atomic mass is 10.3. The van der Waals surface area contributed by atoms with Crippen LogP contribution in [0.5, 0.6) is 0 Å². The molecule has 20 heavy (non-hydrogen) atoms. The van der Waals surface area contributed by atoms with Crippen LogP contribution < -0.4 is 4.72 Å². The molecule has 0 bridgehead atoms. The maximum Gasteiger partial charge on any atom is 0.294 e. The standard InChI is InChI=1S/C10H6Br2N2O4S2/c11-6-1-2-7(8(5-6)14(15)16)13-20(17,18)10-4-3-9(12)19-10/h1-5,13H. The van der Waals surface area contributed by atoms with Gasteiger partial charge in [0.25, 0.3) is 15.7 Å². The highest BCUT2D eigenvalue weighted by atomic mass is 79.9. The molecule has 10 heteroatoms. The first kappa shape index (κ1) is 15.4. The molecule has 0 aliphatic carbocycles. The number of nitro groups is 1. The van der Waals surface area contributed by atoms with Gasteiger partial charge in [0.05, 0.1) is 8.71 Å². The number of rotatable bonds is 4. The van der Waals surface area contributed by atoms with Gasteiger partial charge in [-0.05, 0) is 40.2 Å². The highest BCUT2D eigenvalue weighted by molar-refractivity contribution is 9.11. The van der Waals surface area contributed by atoms with Gasteiger partial charge < -0.3 is 0 Å². The van der Waals surface area contributed by atoms with Crippen LogP contribution in [-0.2, 0) is 10.0 Å². The van der Waals surface area contributed by atoms with Gasteiger partial charge in [-0.2, -0.15) is 0 Å². The molecular formula is C10H6Br2N2O4S2. The molecule has 0 aliphatic rings. The van der Waals surface area contributed by atoms with Crippen molar-refractivity contribution >= 4 is 64.6 Å². The van der Waals surface area contributed by atoms with E-state index >= 15 is 0 Å². The second kappa shape index (κ2) is 5.80. The maximum absolute atomic E-state index is 12.1. The average Bonchev–Trinajstić information content (AvgIpc) is 2.78. The van der Waals surface area contributed by atoms with E-state index in [0.717, 1.165) is 11.3 Å². The Balaban J connectivity index is 2.42. The number of benzene rings is 1. The summed E-state index contributed by atoms with van der Waals surface area (Å²) in [6.07, 6.45) is 0. The Morgan fingerprint density at radius 3 is 2.45 bits per heavy atom. The van der Waals surface area contributed by atoms with Crippen molar-refractivity contribution in [1.82, 2.24) is 0 Å². The number of thiophene rings is 1. The quantitative estimate of drug-likeness (QED) is 0.573. The number of nitrogens with zero attached hydrogens (tertiary/aromatic N) is 1. The Morgan fingerprint density at radius 1 is 1.20 bits per heavy atom. The van der Waals surface area contributed by atoms with Gasteiger partial charge >= 0.3 is 0 Å². The van der Waals surface area contributed by atoms with Crippen LogP contribution in [0.25, 0.3) is 0 Å². The van der Waals surface area contributed by atoms with Crippen LogP contribution in [0.3, 0.4) is 0 Å². The fourth-order valence-electron chi connectivity index (χ4n) is 1.38. The number of nitro benzene ring substituents is 1. The Labute approximate surface area is 135 Å². The highest BCUT2D eigenvalue weighted by Gasteiger charge is 2.22. The van der Waals surface area contributed by atoms with Crippen molar-refractivity contribution in [2.24, 2.45) is 0 Å². The first-order valence-corrected chi connectivity index (χ1v) is 8.90. The molecule has 2 rings (SSSR count). The average molecular weight is 442 g/mol. The fraction of sp³-hybridized carbons (Fsp3) is 0. The Morgan fingerprint density at radius 2 is 1.90 bits per heavy atom. The van der Waals surface area contributed by atoms with Gasteiger partial charge in [-0.1, -0.05) is 15.9 Å². The molecular weight excluding hydrogens is 436 g/mol. The first-order valence-electron chi connectivity index (χ1n) is 5.02. The second-order valence-electron chi connectivity index (χ2n) is 3.58. The van der Waals surface area contributed by atoms with Gasteiger partial charge in [0.2, 0.25) is 0 Å². The molecule has 0 radical (unpaired) electrons. The molecule has 1 N–H and O–H groups in total. The molecule has 0 fully saturated rings. The summed E-state index contributed by atoms with van der Waals surface area (Å²) < 4.78 is 27.7. The van der Waals surface area contributed by atoms with Crippen LogP contribution in [0, 0.1) is 10.1 Å². The topological polar surface area (TPSA) is 89.3 Å². The molecule has 106 valence electrons. The SMILES string of the molecule is O=[N+]([O-])c1cc(Br)ccc1NS(=O)(=O)c1ccc(Br)s1. The Hall–Kier alpha value is -0.970. The number of sulfonamides is 1. The number of nitrogens with one attached hydrogen (secondary N) is 1. The van der Waals surface area contributed by atoms with E-state index in [1.165, 1.54) is 24.3 Å². The normalized spacial score (nSPS) is 11.3. The van der Waals surface area contributed by atoms with Crippen LogP contribution in [0.2, 0.25) is 0 Å². The lowest BCUT2D eigenvalue weighted by Gasteiger charge is -2.07. The minimum atomic E-state index is -3.84. The molecule has 0 saturated heterocycles. The molecule has 0 saturated carbocycles. The predicted molar refractivity (Wildman–Crippen MR) is 83.6 cm³/mol. The molecule has 6 nitrogen and oxygen atoms in total. The second-order valence-corrected chi connectivity index (χ2v) is 8.87. The third-order valence-corrected chi connectivity index (χ3v) is 6.19. The van der Waals surface area contributed by atoms with E-state index < -0.39 is 14.9 Å². The Kier molecular flexibility index (Phi) is 4.47. The van der Waals surface area contributed by atoms with Gasteiger partial charge in [0.1, 0.15) is 9.90 Å². The zero-order valence-electron chi connectivity index (χ0n) is 9.54. The van der Waals surface area contributed by atoms with Crippen LogP contribution >= 0.6 is 43.2 Å². The fourth-order valence-corrected chi connectivity index (χ4v) is 4.81. The molecule has 0 aliphatic heterocycles. The third kappa shape index (κ3) is 3.37. The summed E-state index contributed by atoms with van der Waals surface area (Å²) in [4.78, 5) is 10.3. The molecule has 2 aromatic rings. The first-order chi connectivity index (χ1) is 9.29. The van der Waals surface area contributed by atoms with E-state index in [2.05, 4.69) is 36.6 Å². The van der Waals surface area contributed by atoms with Crippen molar-refractivity contribution in [3.8, 4) is 0 Å². The molecule has 1 aromatic heterocycles. The lowest BCUT2D eigenvalue weighted by molar-refractivity contribution is -0.384. The third-order valence-electron chi connectivity index (χ3n) is 2.21. The number of halogens is 2.